The third-order valence-electron chi connectivity index (χ3n) is 5.05. The van der Waals surface area contributed by atoms with Crippen molar-refractivity contribution in [3.63, 3.8) is 0 Å². The van der Waals surface area contributed by atoms with Crippen molar-refractivity contribution in [2.75, 3.05) is 13.1 Å². The van der Waals surface area contributed by atoms with Gasteiger partial charge >= 0.3 is 0 Å². The highest BCUT2D eigenvalue weighted by Gasteiger charge is 2.27. The highest BCUT2D eigenvalue weighted by atomic mass is 19.1. The Labute approximate surface area is 157 Å². The predicted molar refractivity (Wildman–Crippen MR) is 100 cm³/mol. The van der Waals surface area contributed by atoms with Crippen molar-refractivity contribution in [1.82, 2.24) is 10.1 Å². The number of carbonyl (C=O) groups is 1. The van der Waals surface area contributed by atoms with Gasteiger partial charge in [-0.05, 0) is 36.1 Å². The second-order valence-corrected chi connectivity index (χ2v) is 6.99. The highest BCUT2D eigenvalue weighted by Crippen LogP contribution is 2.27. The lowest BCUT2D eigenvalue weighted by molar-refractivity contribution is 0.0665. The van der Waals surface area contributed by atoms with E-state index in [1.165, 1.54) is 17.7 Å². The van der Waals surface area contributed by atoms with Gasteiger partial charge in [-0.15, -0.1) is 0 Å². The molecule has 1 saturated heterocycles. The molecule has 1 atom stereocenters. The molecule has 0 radical (unpaired) electrons. The van der Waals surface area contributed by atoms with Crippen LogP contribution in [0.4, 0.5) is 4.39 Å². The van der Waals surface area contributed by atoms with E-state index in [1.807, 2.05) is 23.1 Å². The Hall–Kier alpha value is -2.95. The van der Waals surface area contributed by atoms with Crippen LogP contribution in [0.25, 0.3) is 0 Å². The zero-order valence-corrected chi connectivity index (χ0v) is 15.0. The van der Waals surface area contributed by atoms with Crippen LogP contribution in [0.5, 0.6) is 0 Å². The number of rotatable bonds is 4. The maximum Gasteiger partial charge on any atom is 0.292 e. The van der Waals surface area contributed by atoms with Crippen LogP contribution in [0.1, 0.15) is 46.1 Å². The summed E-state index contributed by atoms with van der Waals surface area (Å²) in [5, 5.41) is 4.01. The molecule has 2 aromatic carbocycles. The van der Waals surface area contributed by atoms with Crippen LogP contribution < -0.4 is 0 Å². The van der Waals surface area contributed by atoms with Crippen LogP contribution in [0.15, 0.2) is 65.2 Å². The number of hydrogen-bond acceptors (Lipinski definition) is 3. The standard InChI is InChI=1S/C22H21FN2O2/c23-19-10-8-16(9-11-19)13-20-14-21(27-24-20)22(26)25-12-4-7-18(15-25)17-5-2-1-3-6-17/h1-3,5-6,8-11,14,18H,4,7,12-13,15H2. The van der Waals surface area contributed by atoms with E-state index < -0.39 is 0 Å². The second-order valence-electron chi connectivity index (χ2n) is 6.99. The van der Waals surface area contributed by atoms with Crippen LogP contribution >= 0.6 is 0 Å². The van der Waals surface area contributed by atoms with Gasteiger partial charge in [0.2, 0.25) is 5.76 Å². The molecule has 0 saturated carbocycles. The van der Waals surface area contributed by atoms with Crippen LogP contribution in [0.2, 0.25) is 0 Å². The van der Waals surface area contributed by atoms with Crippen molar-refractivity contribution in [3.8, 4) is 0 Å². The van der Waals surface area contributed by atoms with Crippen molar-refractivity contribution in [1.29, 1.82) is 0 Å². The van der Waals surface area contributed by atoms with Gasteiger partial charge in [0.05, 0.1) is 5.69 Å². The van der Waals surface area contributed by atoms with E-state index in [0.29, 0.717) is 24.6 Å². The number of hydrogen-bond donors (Lipinski definition) is 0. The zero-order chi connectivity index (χ0) is 18.6. The summed E-state index contributed by atoms with van der Waals surface area (Å²) in [6.07, 6.45) is 2.56. The predicted octanol–water partition coefficient (Wildman–Crippen LogP) is 4.42. The smallest absolute Gasteiger partial charge is 0.292 e. The molecular formula is C22H21FN2O2. The molecular weight excluding hydrogens is 343 g/mol. The number of halogens is 1. The molecule has 1 fully saturated rings. The summed E-state index contributed by atoms with van der Waals surface area (Å²) in [5.41, 5.74) is 2.86. The Morgan fingerprint density at radius 2 is 1.93 bits per heavy atom. The van der Waals surface area contributed by atoms with E-state index in [0.717, 1.165) is 24.9 Å². The monoisotopic (exact) mass is 364 g/mol. The van der Waals surface area contributed by atoms with Gasteiger partial charge in [-0.1, -0.05) is 47.6 Å². The number of nitrogens with zero attached hydrogens (tertiary/aromatic N) is 2. The van der Waals surface area contributed by atoms with Crippen LogP contribution in [0.3, 0.4) is 0 Å². The average molecular weight is 364 g/mol. The topological polar surface area (TPSA) is 46.3 Å². The van der Waals surface area contributed by atoms with Crippen LogP contribution in [0, 0.1) is 5.82 Å². The van der Waals surface area contributed by atoms with Crippen molar-refractivity contribution in [2.24, 2.45) is 0 Å². The molecule has 1 aliphatic rings. The number of benzene rings is 2. The SMILES string of the molecule is O=C(c1cc(Cc2ccc(F)cc2)no1)N1CCCC(c2ccccc2)C1. The third kappa shape index (κ3) is 4.08. The Balaban J connectivity index is 1.43. The summed E-state index contributed by atoms with van der Waals surface area (Å²) < 4.78 is 18.3. The van der Waals surface area contributed by atoms with Gasteiger partial charge in [0.25, 0.3) is 5.91 Å². The van der Waals surface area contributed by atoms with Crippen molar-refractivity contribution in [3.05, 3.63) is 89.1 Å². The highest BCUT2D eigenvalue weighted by molar-refractivity contribution is 5.91. The van der Waals surface area contributed by atoms with Crippen molar-refractivity contribution >= 4 is 5.91 Å². The minimum atomic E-state index is -0.271. The summed E-state index contributed by atoms with van der Waals surface area (Å²) in [5.74, 6) is 0.229. The van der Waals surface area contributed by atoms with E-state index in [1.54, 1.807) is 18.2 Å². The van der Waals surface area contributed by atoms with E-state index >= 15 is 0 Å². The number of aromatic nitrogens is 1. The lowest BCUT2D eigenvalue weighted by Gasteiger charge is -2.32. The molecule has 0 bridgehead atoms. The summed E-state index contributed by atoms with van der Waals surface area (Å²) >= 11 is 0. The molecule has 4 nitrogen and oxygen atoms in total. The molecule has 4 rings (SSSR count). The molecule has 0 spiro atoms. The van der Waals surface area contributed by atoms with Gasteiger partial charge in [0.15, 0.2) is 0 Å². The molecule has 2 heterocycles. The Morgan fingerprint density at radius 3 is 2.70 bits per heavy atom. The maximum absolute atomic E-state index is 13.0. The molecule has 5 heteroatoms. The molecule has 1 aromatic heterocycles. The summed E-state index contributed by atoms with van der Waals surface area (Å²) in [7, 11) is 0. The molecule has 1 unspecified atom stereocenters. The van der Waals surface area contributed by atoms with E-state index in [-0.39, 0.29) is 17.5 Å². The van der Waals surface area contributed by atoms with Gasteiger partial charge in [-0.3, -0.25) is 4.79 Å². The van der Waals surface area contributed by atoms with E-state index in [9.17, 15) is 9.18 Å². The largest absolute Gasteiger partial charge is 0.351 e. The van der Waals surface area contributed by atoms with E-state index in [4.69, 9.17) is 4.52 Å². The lowest BCUT2D eigenvalue weighted by atomic mass is 9.90. The van der Waals surface area contributed by atoms with Gasteiger partial charge in [0, 0.05) is 31.5 Å². The van der Waals surface area contributed by atoms with Crippen molar-refractivity contribution in [2.45, 2.75) is 25.2 Å². The fourth-order valence-electron chi connectivity index (χ4n) is 3.62. The Bertz CT molecular complexity index is 906. The molecule has 138 valence electrons. The number of likely N-dealkylation sites (tertiary alicyclic amines) is 1. The van der Waals surface area contributed by atoms with Crippen molar-refractivity contribution < 1.29 is 13.7 Å². The summed E-state index contributed by atoms with van der Waals surface area (Å²) in [4.78, 5) is 14.7. The molecule has 1 aliphatic heterocycles. The second kappa shape index (κ2) is 7.74. The first kappa shape index (κ1) is 17.5. The quantitative estimate of drug-likeness (QED) is 0.688. The number of carbonyl (C=O) groups excluding carboxylic acids is 1. The van der Waals surface area contributed by atoms with Gasteiger partial charge in [-0.25, -0.2) is 4.39 Å². The molecule has 1 amide bonds. The number of amides is 1. The average Bonchev–Trinajstić information content (AvgIpc) is 3.18. The molecule has 0 N–H and O–H groups in total. The van der Waals surface area contributed by atoms with Crippen LogP contribution in [-0.2, 0) is 6.42 Å². The lowest BCUT2D eigenvalue weighted by Crippen LogP contribution is -2.38. The minimum Gasteiger partial charge on any atom is -0.351 e. The van der Waals surface area contributed by atoms with E-state index in [2.05, 4.69) is 17.3 Å². The number of piperidine rings is 1. The third-order valence-corrected chi connectivity index (χ3v) is 5.05. The molecule has 3 aromatic rings. The molecule has 0 aliphatic carbocycles. The first-order valence-corrected chi connectivity index (χ1v) is 9.23. The zero-order valence-electron chi connectivity index (χ0n) is 15.0. The summed E-state index contributed by atoms with van der Waals surface area (Å²) in [6, 6.07) is 18.3. The Kier molecular flexibility index (Phi) is 5.01. The van der Waals surface area contributed by atoms with Gasteiger partial charge in [0.1, 0.15) is 5.82 Å². The van der Waals surface area contributed by atoms with Gasteiger partial charge in [-0.2, -0.15) is 0 Å². The van der Waals surface area contributed by atoms with Crippen LogP contribution in [-0.4, -0.2) is 29.1 Å². The Morgan fingerprint density at radius 1 is 1.15 bits per heavy atom. The maximum atomic E-state index is 13.0. The fraction of sp³-hybridized carbons (Fsp3) is 0.273. The minimum absolute atomic E-state index is 0.117. The first-order chi connectivity index (χ1) is 13.2. The normalized spacial score (nSPS) is 17.1. The summed E-state index contributed by atoms with van der Waals surface area (Å²) in [6.45, 7) is 1.42. The molecule has 27 heavy (non-hydrogen) atoms. The first-order valence-electron chi connectivity index (χ1n) is 9.23. The van der Waals surface area contributed by atoms with Gasteiger partial charge < -0.3 is 9.42 Å². The fourth-order valence-corrected chi connectivity index (χ4v) is 3.62.